The van der Waals surface area contributed by atoms with Gasteiger partial charge in [0.25, 0.3) is 0 Å². The third kappa shape index (κ3) is 2.55. The molecule has 4 heteroatoms. The molecule has 20 heavy (non-hydrogen) atoms. The highest BCUT2D eigenvalue weighted by Gasteiger charge is 2.38. The van der Waals surface area contributed by atoms with Crippen LogP contribution in [0.1, 0.15) is 24.5 Å². The Morgan fingerprint density at radius 2 is 2.15 bits per heavy atom. The van der Waals surface area contributed by atoms with Gasteiger partial charge >= 0.3 is 0 Å². The number of ether oxygens (including phenoxy) is 1. The number of rotatable bonds is 3. The number of likely N-dealkylation sites (tertiary alicyclic amines) is 1. The van der Waals surface area contributed by atoms with Crippen molar-refractivity contribution < 1.29 is 9.84 Å². The van der Waals surface area contributed by atoms with E-state index in [9.17, 15) is 5.11 Å². The molecule has 0 amide bonds. The van der Waals surface area contributed by atoms with Gasteiger partial charge in [0.2, 0.25) is 0 Å². The molecule has 0 aliphatic carbocycles. The molecule has 0 bridgehead atoms. The number of hydrogen-bond donors (Lipinski definition) is 1. The van der Waals surface area contributed by atoms with Gasteiger partial charge in [-0.2, -0.15) is 0 Å². The van der Waals surface area contributed by atoms with Crippen molar-refractivity contribution in [3.63, 3.8) is 0 Å². The summed E-state index contributed by atoms with van der Waals surface area (Å²) in [5.41, 5.74) is 0.930. The normalized spacial score (nSPS) is 30.3. The van der Waals surface area contributed by atoms with E-state index in [2.05, 4.69) is 23.9 Å². The minimum absolute atomic E-state index is 0.0809. The molecule has 3 unspecified atom stereocenters. The SMILES string of the molecule is CN(C)CC1CCCN1C1COc2ccccc2C1O. The summed E-state index contributed by atoms with van der Waals surface area (Å²) in [6.45, 7) is 2.69. The summed E-state index contributed by atoms with van der Waals surface area (Å²) in [7, 11) is 4.22. The molecule has 2 heterocycles. The van der Waals surface area contributed by atoms with E-state index in [1.807, 2.05) is 24.3 Å². The Hall–Kier alpha value is -1.10. The lowest BCUT2D eigenvalue weighted by Crippen LogP contribution is -2.50. The number of benzene rings is 1. The molecule has 4 nitrogen and oxygen atoms in total. The first-order valence-electron chi connectivity index (χ1n) is 7.47. The molecule has 0 aromatic heterocycles. The van der Waals surface area contributed by atoms with Gasteiger partial charge in [-0.05, 0) is 39.5 Å². The summed E-state index contributed by atoms with van der Waals surface area (Å²) >= 11 is 0. The Bertz CT molecular complexity index is 464. The fourth-order valence-electron chi connectivity index (χ4n) is 3.52. The fraction of sp³-hybridized carbons (Fsp3) is 0.625. The number of aliphatic hydroxyl groups is 1. The Labute approximate surface area is 120 Å². The minimum Gasteiger partial charge on any atom is -0.491 e. The van der Waals surface area contributed by atoms with Crippen LogP contribution in [0.25, 0.3) is 0 Å². The molecule has 1 aromatic rings. The zero-order valence-corrected chi connectivity index (χ0v) is 12.3. The van der Waals surface area contributed by atoms with Crippen LogP contribution < -0.4 is 4.74 Å². The molecule has 0 spiro atoms. The van der Waals surface area contributed by atoms with Crippen LogP contribution in [0.2, 0.25) is 0 Å². The molecule has 0 saturated carbocycles. The number of fused-ring (bicyclic) bond motifs is 1. The average Bonchev–Trinajstić information content (AvgIpc) is 2.87. The first-order chi connectivity index (χ1) is 9.66. The molecule has 1 N–H and O–H groups in total. The Kier molecular flexibility index (Phi) is 3.96. The third-order valence-electron chi connectivity index (χ3n) is 4.44. The van der Waals surface area contributed by atoms with Crippen LogP contribution in [0.4, 0.5) is 0 Å². The Morgan fingerprint density at radius 1 is 1.35 bits per heavy atom. The molecule has 3 atom stereocenters. The largest absolute Gasteiger partial charge is 0.491 e. The lowest BCUT2D eigenvalue weighted by atomic mass is 9.97. The highest BCUT2D eigenvalue weighted by Crippen LogP contribution is 2.36. The highest BCUT2D eigenvalue weighted by atomic mass is 16.5. The van der Waals surface area contributed by atoms with Crippen molar-refractivity contribution in [2.45, 2.75) is 31.0 Å². The van der Waals surface area contributed by atoms with E-state index < -0.39 is 6.10 Å². The lowest BCUT2D eigenvalue weighted by molar-refractivity contribution is -0.00607. The second kappa shape index (κ2) is 5.72. The van der Waals surface area contributed by atoms with Gasteiger partial charge in [-0.15, -0.1) is 0 Å². The summed E-state index contributed by atoms with van der Waals surface area (Å²) in [6.07, 6.45) is 1.98. The van der Waals surface area contributed by atoms with Gasteiger partial charge in [-0.25, -0.2) is 0 Å². The van der Waals surface area contributed by atoms with Crippen molar-refractivity contribution in [2.75, 3.05) is 33.8 Å². The maximum Gasteiger partial charge on any atom is 0.125 e. The number of para-hydroxylation sites is 1. The first-order valence-corrected chi connectivity index (χ1v) is 7.47. The van der Waals surface area contributed by atoms with Crippen LogP contribution in [0.15, 0.2) is 24.3 Å². The van der Waals surface area contributed by atoms with Crippen LogP contribution in [0.3, 0.4) is 0 Å². The molecular formula is C16H24N2O2. The lowest BCUT2D eigenvalue weighted by Gasteiger charge is -2.39. The zero-order chi connectivity index (χ0) is 14.1. The topological polar surface area (TPSA) is 35.9 Å². The highest BCUT2D eigenvalue weighted by molar-refractivity contribution is 5.37. The van der Waals surface area contributed by atoms with Gasteiger partial charge in [0.05, 0.1) is 6.04 Å². The van der Waals surface area contributed by atoms with Crippen molar-refractivity contribution in [1.82, 2.24) is 9.80 Å². The summed E-state index contributed by atoms with van der Waals surface area (Å²) in [5, 5.41) is 10.7. The number of nitrogens with zero attached hydrogens (tertiary/aromatic N) is 2. The smallest absolute Gasteiger partial charge is 0.125 e. The maximum absolute atomic E-state index is 10.7. The molecule has 1 saturated heterocycles. The van der Waals surface area contributed by atoms with Crippen molar-refractivity contribution in [2.24, 2.45) is 0 Å². The molecule has 110 valence electrons. The standard InChI is InChI=1S/C16H24N2O2/c1-17(2)10-12-6-5-9-18(12)14-11-20-15-8-4-3-7-13(15)16(14)19/h3-4,7-8,12,14,16,19H,5-6,9-11H2,1-2H3. The average molecular weight is 276 g/mol. The molecule has 1 aromatic carbocycles. The van der Waals surface area contributed by atoms with Crippen molar-refractivity contribution in [1.29, 1.82) is 0 Å². The second-order valence-corrected chi connectivity index (χ2v) is 6.16. The predicted octanol–water partition coefficient (Wildman–Crippen LogP) is 1.51. The summed E-state index contributed by atoms with van der Waals surface area (Å²) in [4.78, 5) is 4.67. The van der Waals surface area contributed by atoms with Crippen molar-refractivity contribution in [3.05, 3.63) is 29.8 Å². The number of aliphatic hydroxyl groups excluding tert-OH is 1. The van der Waals surface area contributed by atoms with E-state index in [1.54, 1.807) is 0 Å². The monoisotopic (exact) mass is 276 g/mol. The maximum atomic E-state index is 10.7. The van der Waals surface area contributed by atoms with Crippen LogP contribution in [-0.2, 0) is 0 Å². The summed E-state index contributed by atoms with van der Waals surface area (Å²) in [5.74, 6) is 0.833. The van der Waals surface area contributed by atoms with E-state index in [4.69, 9.17) is 4.74 Å². The van der Waals surface area contributed by atoms with Gasteiger partial charge in [0, 0.05) is 18.2 Å². The van der Waals surface area contributed by atoms with Crippen LogP contribution >= 0.6 is 0 Å². The predicted molar refractivity (Wildman–Crippen MR) is 79.0 cm³/mol. The van der Waals surface area contributed by atoms with Crippen LogP contribution in [0.5, 0.6) is 5.75 Å². The van der Waals surface area contributed by atoms with E-state index >= 15 is 0 Å². The molecule has 1 fully saturated rings. The molecule has 3 rings (SSSR count). The van der Waals surface area contributed by atoms with Gasteiger partial charge in [-0.1, -0.05) is 18.2 Å². The third-order valence-corrected chi connectivity index (χ3v) is 4.44. The molecular weight excluding hydrogens is 252 g/mol. The zero-order valence-electron chi connectivity index (χ0n) is 12.3. The van der Waals surface area contributed by atoms with Gasteiger partial charge in [0.1, 0.15) is 18.5 Å². The fourth-order valence-corrected chi connectivity index (χ4v) is 3.52. The minimum atomic E-state index is -0.442. The van der Waals surface area contributed by atoms with Crippen LogP contribution in [-0.4, -0.2) is 60.8 Å². The molecule has 2 aliphatic rings. The second-order valence-electron chi connectivity index (χ2n) is 6.16. The summed E-state index contributed by atoms with van der Waals surface area (Å²) in [6, 6.07) is 8.45. The van der Waals surface area contributed by atoms with Crippen molar-refractivity contribution in [3.8, 4) is 5.75 Å². The Balaban J connectivity index is 1.78. The number of hydrogen-bond acceptors (Lipinski definition) is 4. The van der Waals surface area contributed by atoms with Crippen molar-refractivity contribution >= 4 is 0 Å². The molecule has 0 radical (unpaired) electrons. The summed E-state index contributed by atoms with van der Waals surface area (Å²) < 4.78 is 5.86. The van der Waals surface area contributed by atoms with E-state index in [1.165, 1.54) is 12.8 Å². The van der Waals surface area contributed by atoms with Gasteiger partial charge < -0.3 is 14.7 Å². The number of likely N-dealkylation sites (N-methyl/N-ethyl adjacent to an activating group) is 1. The van der Waals surface area contributed by atoms with E-state index in [-0.39, 0.29) is 6.04 Å². The van der Waals surface area contributed by atoms with Crippen LogP contribution in [0, 0.1) is 0 Å². The Morgan fingerprint density at radius 3 is 2.95 bits per heavy atom. The van der Waals surface area contributed by atoms with Gasteiger partial charge in [-0.3, -0.25) is 4.90 Å². The molecule has 2 aliphatic heterocycles. The van der Waals surface area contributed by atoms with Gasteiger partial charge in [0.15, 0.2) is 0 Å². The van der Waals surface area contributed by atoms with E-state index in [0.717, 1.165) is 24.4 Å². The van der Waals surface area contributed by atoms with E-state index in [0.29, 0.717) is 12.6 Å². The first kappa shape index (κ1) is 13.9. The quantitative estimate of drug-likeness (QED) is 0.908.